The molecule has 1 aliphatic heterocycles. The Morgan fingerprint density at radius 1 is 1.26 bits per heavy atom. The molecule has 6 heteroatoms. The van der Waals surface area contributed by atoms with E-state index in [-0.39, 0.29) is 6.10 Å². The van der Waals surface area contributed by atoms with Gasteiger partial charge in [0.1, 0.15) is 6.10 Å². The maximum atomic E-state index is 13.2. The van der Waals surface area contributed by atoms with Crippen molar-refractivity contribution in [1.29, 1.82) is 0 Å². The lowest BCUT2D eigenvalue weighted by Gasteiger charge is -2.38. The first-order valence-electron chi connectivity index (χ1n) is 7.90. The summed E-state index contributed by atoms with van der Waals surface area (Å²) in [6.45, 7) is 3.22. The number of alkyl halides is 2. The number of methoxy groups -OCH3 is 1. The zero-order valence-electron chi connectivity index (χ0n) is 13.6. The Bertz CT molecular complexity index is 460. The number of aliphatic hydroxyl groups is 1. The van der Waals surface area contributed by atoms with Crippen LogP contribution in [0.2, 0.25) is 0 Å². The molecule has 1 aliphatic rings. The van der Waals surface area contributed by atoms with Crippen molar-refractivity contribution in [3.8, 4) is 0 Å². The Balaban J connectivity index is 1.99. The number of likely N-dealkylation sites (tertiary alicyclic amines) is 1. The highest BCUT2D eigenvalue weighted by Gasteiger charge is 2.34. The number of hydrogen-bond acceptors (Lipinski definition) is 4. The summed E-state index contributed by atoms with van der Waals surface area (Å²) in [5.41, 5.74) is 1.09. The minimum absolute atomic E-state index is 0.295. The lowest BCUT2D eigenvalue weighted by atomic mass is 9.95. The van der Waals surface area contributed by atoms with E-state index < -0.39 is 24.7 Å². The highest BCUT2D eigenvalue weighted by Crippen LogP contribution is 2.27. The van der Waals surface area contributed by atoms with Gasteiger partial charge >= 0.3 is 0 Å². The lowest BCUT2D eigenvalue weighted by molar-refractivity contribution is -0.185. The van der Waals surface area contributed by atoms with E-state index in [4.69, 9.17) is 9.47 Å². The Morgan fingerprint density at radius 3 is 2.57 bits per heavy atom. The molecule has 2 rings (SSSR count). The van der Waals surface area contributed by atoms with Crippen LogP contribution in [0.4, 0.5) is 8.78 Å². The first-order valence-corrected chi connectivity index (χ1v) is 7.90. The fraction of sp³-hybridized carbons (Fsp3) is 0.647. The first kappa shape index (κ1) is 18.3. The molecule has 0 amide bonds. The van der Waals surface area contributed by atoms with Crippen molar-refractivity contribution in [2.45, 2.75) is 44.8 Å². The second-order valence-electron chi connectivity index (χ2n) is 6.10. The lowest BCUT2D eigenvalue weighted by Crippen LogP contribution is -2.47. The second kappa shape index (κ2) is 8.68. The Morgan fingerprint density at radius 2 is 1.96 bits per heavy atom. The molecule has 0 bridgehead atoms. The first-order chi connectivity index (χ1) is 11.0. The van der Waals surface area contributed by atoms with E-state index >= 15 is 0 Å². The molecule has 1 fully saturated rings. The molecule has 1 N–H and O–H groups in total. The van der Waals surface area contributed by atoms with Crippen LogP contribution in [0.5, 0.6) is 0 Å². The standard InChI is InChI=1S/C17H25F2NO3/c1-12(17(21)22-2)23-15-8-14(16(18)19)10-20(11-15)9-13-6-4-3-5-7-13/h3-7,12,14-17,21H,8-11H2,1-2H3/t12-,14+,15-,17+/m0/s1. The molecular weight excluding hydrogens is 304 g/mol. The molecule has 1 aromatic rings. The molecule has 0 unspecified atom stereocenters. The summed E-state index contributed by atoms with van der Waals surface area (Å²) in [6.07, 6.45) is -4.03. The van der Waals surface area contributed by atoms with Gasteiger partial charge in [-0.25, -0.2) is 8.78 Å². The third-order valence-corrected chi connectivity index (χ3v) is 4.18. The highest BCUT2D eigenvalue weighted by molar-refractivity contribution is 5.14. The van der Waals surface area contributed by atoms with Crippen molar-refractivity contribution in [2.75, 3.05) is 20.2 Å². The minimum Gasteiger partial charge on any atom is -0.369 e. The quantitative estimate of drug-likeness (QED) is 0.781. The average molecular weight is 329 g/mol. The van der Waals surface area contributed by atoms with Crippen molar-refractivity contribution in [3.63, 3.8) is 0 Å². The van der Waals surface area contributed by atoms with E-state index in [2.05, 4.69) is 0 Å². The molecule has 0 saturated carbocycles. The van der Waals surface area contributed by atoms with Crippen molar-refractivity contribution < 1.29 is 23.4 Å². The van der Waals surface area contributed by atoms with E-state index in [1.54, 1.807) is 6.92 Å². The molecule has 4 atom stereocenters. The molecule has 1 saturated heterocycles. The zero-order chi connectivity index (χ0) is 16.8. The topological polar surface area (TPSA) is 41.9 Å². The summed E-state index contributed by atoms with van der Waals surface area (Å²) in [6, 6.07) is 9.78. The van der Waals surface area contributed by atoms with Gasteiger partial charge < -0.3 is 14.6 Å². The number of benzene rings is 1. The van der Waals surface area contributed by atoms with Gasteiger partial charge in [-0.05, 0) is 18.9 Å². The molecule has 4 nitrogen and oxygen atoms in total. The number of piperidine rings is 1. The zero-order valence-corrected chi connectivity index (χ0v) is 13.6. The summed E-state index contributed by atoms with van der Waals surface area (Å²) in [5, 5.41) is 9.62. The molecule has 0 radical (unpaired) electrons. The third kappa shape index (κ3) is 5.49. The molecule has 0 aromatic heterocycles. The largest absolute Gasteiger partial charge is 0.369 e. The fourth-order valence-electron chi connectivity index (χ4n) is 3.00. The summed E-state index contributed by atoms with van der Waals surface area (Å²) in [4.78, 5) is 1.99. The SMILES string of the molecule is CO[C@@H](O)[C@H](C)O[C@H]1C[C@@H](C(F)F)CN(Cc2ccccc2)C1. The molecule has 23 heavy (non-hydrogen) atoms. The van der Waals surface area contributed by atoms with Gasteiger partial charge in [0.2, 0.25) is 6.43 Å². The van der Waals surface area contributed by atoms with Gasteiger partial charge in [-0.3, -0.25) is 4.90 Å². The summed E-state index contributed by atoms with van der Waals surface area (Å²) < 4.78 is 37.0. The predicted molar refractivity (Wildman–Crippen MR) is 83.2 cm³/mol. The number of ether oxygens (including phenoxy) is 2. The normalized spacial score (nSPS) is 25.5. The summed E-state index contributed by atoms with van der Waals surface area (Å²) in [7, 11) is 1.38. The monoisotopic (exact) mass is 329 g/mol. The van der Waals surface area contributed by atoms with Gasteiger partial charge in [0, 0.05) is 32.7 Å². The van der Waals surface area contributed by atoms with Gasteiger partial charge in [-0.2, -0.15) is 0 Å². The highest BCUT2D eigenvalue weighted by atomic mass is 19.3. The van der Waals surface area contributed by atoms with Crippen LogP contribution in [0.15, 0.2) is 30.3 Å². The van der Waals surface area contributed by atoms with Crippen molar-refractivity contribution in [1.82, 2.24) is 4.90 Å². The average Bonchev–Trinajstić information content (AvgIpc) is 2.54. The van der Waals surface area contributed by atoms with Crippen LogP contribution in [-0.4, -0.2) is 55.1 Å². The van der Waals surface area contributed by atoms with E-state index in [1.807, 2.05) is 35.2 Å². The fourth-order valence-corrected chi connectivity index (χ4v) is 3.00. The van der Waals surface area contributed by atoms with Crippen LogP contribution >= 0.6 is 0 Å². The van der Waals surface area contributed by atoms with Crippen molar-refractivity contribution >= 4 is 0 Å². The van der Waals surface area contributed by atoms with E-state index in [9.17, 15) is 13.9 Å². The maximum Gasteiger partial charge on any atom is 0.242 e. The van der Waals surface area contributed by atoms with Crippen molar-refractivity contribution in [2.24, 2.45) is 5.92 Å². The molecule has 0 spiro atoms. The maximum absolute atomic E-state index is 13.2. The molecule has 130 valence electrons. The van der Waals surface area contributed by atoms with Crippen LogP contribution in [0, 0.1) is 5.92 Å². The smallest absolute Gasteiger partial charge is 0.242 e. The van der Waals surface area contributed by atoms with Crippen LogP contribution in [0.25, 0.3) is 0 Å². The molecule has 0 aliphatic carbocycles. The summed E-state index contributed by atoms with van der Waals surface area (Å²) in [5.74, 6) is -0.718. The van der Waals surface area contributed by atoms with Gasteiger partial charge in [0.25, 0.3) is 0 Å². The molecular formula is C17H25F2NO3. The number of nitrogens with zero attached hydrogens (tertiary/aromatic N) is 1. The van der Waals surface area contributed by atoms with Crippen LogP contribution in [0.3, 0.4) is 0 Å². The Labute approximate surface area is 136 Å². The second-order valence-corrected chi connectivity index (χ2v) is 6.10. The van der Waals surface area contributed by atoms with Gasteiger partial charge in [-0.15, -0.1) is 0 Å². The van der Waals surface area contributed by atoms with Crippen LogP contribution in [-0.2, 0) is 16.0 Å². The van der Waals surface area contributed by atoms with Gasteiger partial charge in [0.15, 0.2) is 6.29 Å². The molecule has 1 heterocycles. The number of aliphatic hydroxyl groups excluding tert-OH is 1. The number of halogens is 2. The van der Waals surface area contributed by atoms with Gasteiger partial charge in [0.05, 0.1) is 6.10 Å². The Hall–Kier alpha value is -1.08. The van der Waals surface area contributed by atoms with E-state index in [0.29, 0.717) is 26.1 Å². The number of rotatable bonds is 7. The van der Waals surface area contributed by atoms with Crippen LogP contribution in [0.1, 0.15) is 18.9 Å². The van der Waals surface area contributed by atoms with Gasteiger partial charge in [-0.1, -0.05) is 30.3 Å². The summed E-state index contributed by atoms with van der Waals surface area (Å²) >= 11 is 0. The van der Waals surface area contributed by atoms with E-state index in [0.717, 1.165) is 5.56 Å². The molecule has 1 aromatic carbocycles. The van der Waals surface area contributed by atoms with E-state index in [1.165, 1.54) is 7.11 Å². The minimum atomic E-state index is -2.37. The number of hydrogen-bond donors (Lipinski definition) is 1. The predicted octanol–water partition coefficient (Wildman–Crippen LogP) is 2.51. The van der Waals surface area contributed by atoms with Crippen molar-refractivity contribution in [3.05, 3.63) is 35.9 Å². The Kier molecular flexibility index (Phi) is 6.89. The van der Waals surface area contributed by atoms with Crippen LogP contribution < -0.4 is 0 Å². The third-order valence-electron chi connectivity index (χ3n) is 4.18.